The zero-order chi connectivity index (χ0) is 23.7. The van der Waals surface area contributed by atoms with Gasteiger partial charge in [-0.2, -0.15) is 0 Å². The van der Waals surface area contributed by atoms with Crippen LogP contribution in [0.1, 0.15) is 24.5 Å². The average molecular weight is 442 g/mol. The van der Waals surface area contributed by atoms with Crippen molar-refractivity contribution in [2.24, 2.45) is 5.92 Å². The molecule has 0 aliphatic rings. The molecule has 1 unspecified atom stereocenters. The summed E-state index contributed by atoms with van der Waals surface area (Å²) in [6.45, 7) is 6.18. The Hall–Kier alpha value is -4.15. The lowest BCUT2D eigenvalue weighted by Crippen LogP contribution is -2.44. The van der Waals surface area contributed by atoms with Crippen LogP contribution < -0.4 is 10.6 Å². The summed E-state index contributed by atoms with van der Waals surface area (Å²) in [6.07, 6.45) is 2.68. The first-order valence-electron chi connectivity index (χ1n) is 10.7. The highest BCUT2D eigenvalue weighted by Crippen LogP contribution is 2.38. The highest BCUT2D eigenvalue weighted by atomic mass is 16.6. The fourth-order valence-corrected chi connectivity index (χ4v) is 4.08. The van der Waals surface area contributed by atoms with Gasteiger partial charge in [-0.05, 0) is 41.7 Å². The van der Waals surface area contributed by atoms with Crippen molar-refractivity contribution in [3.63, 3.8) is 0 Å². The van der Waals surface area contributed by atoms with Gasteiger partial charge in [-0.25, -0.2) is 4.79 Å². The lowest BCUT2D eigenvalue weighted by Gasteiger charge is -2.37. The lowest BCUT2D eigenvalue weighted by molar-refractivity contribution is -0.384. The number of rotatable bonds is 9. The van der Waals surface area contributed by atoms with Gasteiger partial charge in [0.05, 0.1) is 4.92 Å². The highest BCUT2D eigenvalue weighted by molar-refractivity contribution is 5.89. The number of carbonyl (C=O) groups is 1. The number of urea groups is 1. The van der Waals surface area contributed by atoms with E-state index in [1.807, 2.05) is 42.5 Å². The van der Waals surface area contributed by atoms with E-state index in [9.17, 15) is 14.9 Å². The minimum Gasteiger partial charge on any atom is -0.337 e. The van der Waals surface area contributed by atoms with E-state index in [1.54, 1.807) is 0 Å². The van der Waals surface area contributed by atoms with Crippen LogP contribution in [0.4, 0.5) is 16.2 Å². The Morgan fingerprint density at radius 3 is 2.06 bits per heavy atom. The van der Waals surface area contributed by atoms with Crippen LogP contribution in [0.2, 0.25) is 0 Å². The Balaban J connectivity index is 1.89. The van der Waals surface area contributed by atoms with Crippen LogP contribution >= 0.6 is 0 Å². The van der Waals surface area contributed by atoms with Gasteiger partial charge in [0.2, 0.25) is 0 Å². The predicted molar refractivity (Wildman–Crippen MR) is 131 cm³/mol. The van der Waals surface area contributed by atoms with E-state index in [4.69, 9.17) is 0 Å². The van der Waals surface area contributed by atoms with Gasteiger partial charge in [-0.15, -0.1) is 5.73 Å². The molecule has 0 aliphatic carbocycles. The molecule has 6 nitrogen and oxygen atoms in total. The first kappa shape index (κ1) is 23.5. The summed E-state index contributed by atoms with van der Waals surface area (Å²) in [5, 5.41) is 16.6. The van der Waals surface area contributed by atoms with Crippen LogP contribution in [0.15, 0.2) is 103 Å². The van der Waals surface area contributed by atoms with Crippen LogP contribution in [0.25, 0.3) is 0 Å². The third kappa shape index (κ3) is 5.97. The van der Waals surface area contributed by atoms with Crippen molar-refractivity contribution in [2.45, 2.75) is 18.8 Å². The van der Waals surface area contributed by atoms with Crippen molar-refractivity contribution in [1.29, 1.82) is 0 Å². The van der Waals surface area contributed by atoms with E-state index in [0.29, 0.717) is 12.2 Å². The molecule has 0 heterocycles. The second kappa shape index (κ2) is 10.9. The smallest absolute Gasteiger partial charge is 0.319 e. The number of carbonyl (C=O) groups excluding carboxylic acids is 1. The maximum atomic E-state index is 12.8. The lowest BCUT2D eigenvalue weighted by atomic mass is 9.69. The molecule has 0 radical (unpaired) electrons. The Morgan fingerprint density at radius 1 is 1.03 bits per heavy atom. The Bertz CT molecular complexity index is 1080. The Labute approximate surface area is 193 Å². The third-order valence-electron chi connectivity index (χ3n) is 5.61. The van der Waals surface area contributed by atoms with E-state index in [1.165, 1.54) is 24.3 Å². The fraction of sp³-hybridized carbons (Fsp3) is 0.185. The van der Waals surface area contributed by atoms with Gasteiger partial charge in [0.15, 0.2) is 0 Å². The number of nitrogens with zero attached hydrogens (tertiary/aromatic N) is 1. The molecule has 2 N–H and O–H groups in total. The van der Waals surface area contributed by atoms with E-state index in [-0.39, 0.29) is 17.6 Å². The molecule has 0 bridgehead atoms. The molecule has 3 aromatic carbocycles. The van der Waals surface area contributed by atoms with E-state index in [2.05, 4.69) is 54.1 Å². The Kier molecular flexibility index (Phi) is 7.79. The maximum Gasteiger partial charge on any atom is 0.319 e. The van der Waals surface area contributed by atoms with Crippen molar-refractivity contribution in [3.8, 4) is 0 Å². The molecular formula is C27H27N3O3. The second-order valence-electron chi connectivity index (χ2n) is 7.98. The van der Waals surface area contributed by atoms with Crippen LogP contribution in [0.3, 0.4) is 0 Å². The molecule has 0 spiro atoms. The van der Waals surface area contributed by atoms with E-state index < -0.39 is 10.3 Å². The minimum atomic E-state index is -0.484. The van der Waals surface area contributed by atoms with Gasteiger partial charge in [-0.1, -0.05) is 74.2 Å². The number of nitro groups is 1. The van der Waals surface area contributed by atoms with Crippen molar-refractivity contribution in [3.05, 3.63) is 125 Å². The number of amides is 2. The number of anilines is 1. The van der Waals surface area contributed by atoms with E-state index in [0.717, 1.165) is 17.5 Å². The monoisotopic (exact) mass is 441 g/mol. The number of allylic oxidation sites excluding steroid dienone is 1. The minimum absolute atomic E-state index is 0.0302. The zero-order valence-electron chi connectivity index (χ0n) is 18.5. The molecule has 168 valence electrons. The maximum absolute atomic E-state index is 12.8. The molecular weight excluding hydrogens is 414 g/mol. The van der Waals surface area contributed by atoms with Gasteiger partial charge in [-0.3, -0.25) is 10.1 Å². The van der Waals surface area contributed by atoms with Crippen LogP contribution in [-0.2, 0) is 5.41 Å². The molecule has 6 heteroatoms. The molecule has 0 saturated carbocycles. The molecule has 1 atom stereocenters. The molecule has 0 aliphatic heterocycles. The predicted octanol–water partition coefficient (Wildman–Crippen LogP) is 6.07. The number of nitrogens with one attached hydrogen (secondary N) is 2. The van der Waals surface area contributed by atoms with Gasteiger partial charge in [0.1, 0.15) is 0 Å². The Morgan fingerprint density at radius 2 is 1.58 bits per heavy atom. The van der Waals surface area contributed by atoms with Gasteiger partial charge in [0, 0.05) is 29.8 Å². The largest absolute Gasteiger partial charge is 0.337 e. The number of hydrogen-bond acceptors (Lipinski definition) is 3. The second-order valence-corrected chi connectivity index (χ2v) is 7.98. The summed E-state index contributed by atoms with van der Waals surface area (Å²) < 4.78 is 0. The highest BCUT2D eigenvalue weighted by Gasteiger charge is 2.35. The third-order valence-corrected chi connectivity index (χ3v) is 5.61. The number of nitro benzene ring substituents is 1. The van der Waals surface area contributed by atoms with Crippen LogP contribution in [0.5, 0.6) is 0 Å². The van der Waals surface area contributed by atoms with Crippen molar-refractivity contribution in [2.75, 3.05) is 11.9 Å². The quantitative estimate of drug-likeness (QED) is 0.240. The number of non-ortho nitro benzene ring substituents is 1. The van der Waals surface area contributed by atoms with Gasteiger partial charge in [0.25, 0.3) is 5.69 Å². The molecule has 3 rings (SSSR count). The standard InChI is InChI=1S/C27H27N3O3/c1-3-10-21(2)19-27(22-11-6-4-7-12-22,23-13-8-5-9-14-23)20-28-26(31)29-24-15-17-25(18-16-24)30(32)33/h4-18,21H,1,19-20H2,2H3,(H2,28,29,31). The summed E-state index contributed by atoms with van der Waals surface area (Å²) in [5.41, 5.74) is 5.03. The summed E-state index contributed by atoms with van der Waals surface area (Å²) >= 11 is 0. The summed E-state index contributed by atoms with van der Waals surface area (Å²) in [6, 6.07) is 25.6. The topological polar surface area (TPSA) is 84.3 Å². The van der Waals surface area contributed by atoms with Crippen LogP contribution in [0, 0.1) is 16.0 Å². The molecule has 2 amide bonds. The molecule has 0 aromatic heterocycles. The SMILES string of the molecule is C=C=CC(C)CC(CNC(=O)Nc1ccc([N+](=O)[O-])cc1)(c1ccccc1)c1ccccc1. The normalized spacial score (nSPS) is 11.7. The first-order chi connectivity index (χ1) is 15.9. The van der Waals surface area contributed by atoms with Crippen molar-refractivity contribution >= 4 is 17.4 Å². The molecule has 33 heavy (non-hydrogen) atoms. The first-order valence-corrected chi connectivity index (χ1v) is 10.7. The zero-order valence-corrected chi connectivity index (χ0v) is 18.5. The summed E-state index contributed by atoms with van der Waals surface area (Å²) in [7, 11) is 0. The molecule has 0 saturated heterocycles. The van der Waals surface area contributed by atoms with E-state index >= 15 is 0 Å². The molecule has 3 aromatic rings. The van der Waals surface area contributed by atoms with Crippen LogP contribution in [-0.4, -0.2) is 17.5 Å². The average Bonchev–Trinajstić information content (AvgIpc) is 2.83. The van der Waals surface area contributed by atoms with Gasteiger partial charge >= 0.3 is 6.03 Å². The summed E-state index contributed by atoms with van der Waals surface area (Å²) in [5.74, 6) is 0.169. The van der Waals surface area contributed by atoms with Gasteiger partial charge < -0.3 is 10.6 Å². The molecule has 0 fully saturated rings. The number of benzene rings is 3. The summed E-state index contributed by atoms with van der Waals surface area (Å²) in [4.78, 5) is 23.1. The number of hydrogen-bond donors (Lipinski definition) is 2. The van der Waals surface area contributed by atoms with Crippen molar-refractivity contribution in [1.82, 2.24) is 5.32 Å². The fourth-order valence-electron chi connectivity index (χ4n) is 4.08. The van der Waals surface area contributed by atoms with Crippen molar-refractivity contribution < 1.29 is 9.72 Å².